The molecule has 0 saturated carbocycles. The van der Waals surface area contributed by atoms with Gasteiger partial charge in [-0.2, -0.15) is 13.2 Å². The monoisotopic (exact) mass is 310 g/mol. The zero-order chi connectivity index (χ0) is 16.0. The summed E-state index contributed by atoms with van der Waals surface area (Å²) in [4.78, 5) is 17.5. The number of para-hydroxylation sites is 1. The largest absolute Gasteiger partial charge is 0.419 e. The quantitative estimate of drug-likeness (QED) is 0.880. The van der Waals surface area contributed by atoms with Gasteiger partial charge in [0.1, 0.15) is 5.69 Å². The first-order valence-electron chi connectivity index (χ1n) is 6.74. The number of amides is 1. The van der Waals surface area contributed by atoms with Crippen molar-refractivity contribution in [2.24, 2.45) is 0 Å². The second-order valence-corrected chi connectivity index (χ2v) is 5.40. The molecule has 1 saturated heterocycles. The van der Waals surface area contributed by atoms with Crippen LogP contribution in [0, 0.1) is 0 Å². The highest BCUT2D eigenvalue weighted by Gasteiger charge is 2.57. The van der Waals surface area contributed by atoms with E-state index in [0.29, 0.717) is 5.52 Å². The van der Waals surface area contributed by atoms with Crippen LogP contribution in [0.3, 0.4) is 0 Å². The number of alkyl halides is 3. The van der Waals surface area contributed by atoms with Crippen molar-refractivity contribution in [1.29, 1.82) is 0 Å². The fourth-order valence-electron chi connectivity index (χ4n) is 2.55. The van der Waals surface area contributed by atoms with Crippen LogP contribution < -0.4 is 0 Å². The van der Waals surface area contributed by atoms with Crippen molar-refractivity contribution in [3.63, 3.8) is 0 Å². The van der Waals surface area contributed by atoms with Crippen LogP contribution in [0.5, 0.6) is 0 Å². The van der Waals surface area contributed by atoms with E-state index in [2.05, 4.69) is 4.98 Å². The van der Waals surface area contributed by atoms with Crippen LogP contribution in [0.25, 0.3) is 10.9 Å². The van der Waals surface area contributed by atoms with E-state index in [0.717, 1.165) is 10.3 Å². The Kier molecular flexibility index (Phi) is 3.32. The van der Waals surface area contributed by atoms with E-state index in [4.69, 9.17) is 0 Å². The summed E-state index contributed by atoms with van der Waals surface area (Å²) in [7, 11) is 0. The Labute approximate surface area is 124 Å². The molecule has 0 bridgehead atoms. The minimum atomic E-state index is -4.75. The van der Waals surface area contributed by atoms with E-state index >= 15 is 0 Å². The summed E-state index contributed by atoms with van der Waals surface area (Å²) < 4.78 is 38.4. The summed E-state index contributed by atoms with van der Waals surface area (Å²) in [6.45, 7) is -0.910. The molecule has 1 aromatic carbocycles. The molecule has 3 rings (SSSR count). The van der Waals surface area contributed by atoms with E-state index in [9.17, 15) is 23.1 Å². The molecular weight excluding hydrogens is 297 g/mol. The molecule has 0 radical (unpaired) electrons. The fraction of sp³-hybridized carbons (Fsp3) is 0.333. The maximum absolute atomic E-state index is 12.8. The molecule has 1 aromatic heterocycles. The Morgan fingerprint density at radius 1 is 1.23 bits per heavy atom. The van der Waals surface area contributed by atoms with Crippen molar-refractivity contribution in [3.05, 3.63) is 42.1 Å². The highest BCUT2D eigenvalue weighted by Crippen LogP contribution is 2.37. The lowest BCUT2D eigenvalue weighted by atomic mass is 10.0. The molecule has 1 fully saturated rings. The minimum absolute atomic E-state index is 0.0742. The lowest BCUT2D eigenvalue weighted by molar-refractivity contribution is -0.253. The van der Waals surface area contributed by atoms with Gasteiger partial charge in [-0.05, 0) is 12.1 Å². The van der Waals surface area contributed by atoms with Crippen LogP contribution in [0.15, 0.2) is 36.4 Å². The Hall–Kier alpha value is -2.15. The van der Waals surface area contributed by atoms with Gasteiger partial charge in [-0.1, -0.05) is 24.3 Å². The van der Waals surface area contributed by atoms with Gasteiger partial charge in [0.25, 0.3) is 5.91 Å². The van der Waals surface area contributed by atoms with E-state index in [1.165, 1.54) is 6.07 Å². The Bertz CT molecular complexity index is 732. The number of aromatic nitrogens is 1. The molecule has 1 aliphatic heterocycles. The molecule has 1 unspecified atom stereocenters. The normalized spacial score (nSPS) is 22.3. The number of β-amino-alcohol motifs (C(OH)–C–C–N with tert-alkyl or cyclic N) is 1. The molecule has 2 heterocycles. The maximum atomic E-state index is 12.8. The topological polar surface area (TPSA) is 53.4 Å². The minimum Gasteiger partial charge on any atom is -0.379 e. The zero-order valence-corrected chi connectivity index (χ0v) is 11.5. The molecule has 1 N–H and O–H groups in total. The van der Waals surface area contributed by atoms with Gasteiger partial charge in [0.15, 0.2) is 5.60 Å². The van der Waals surface area contributed by atoms with E-state index in [1.807, 2.05) is 12.1 Å². The predicted octanol–water partition coefficient (Wildman–Crippen LogP) is 2.37. The van der Waals surface area contributed by atoms with Gasteiger partial charge in [0.2, 0.25) is 0 Å². The molecule has 1 amide bonds. The SMILES string of the molecule is O=C(c1ccc2ccccc2n1)N1CCC(O)(C(F)(F)F)C1. The number of pyridine rings is 1. The first-order chi connectivity index (χ1) is 10.3. The third kappa shape index (κ3) is 2.41. The maximum Gasteiger partial charge on any atom is 0.419 e. The summed E-state index contributed by atoms with van der Waals surface area (Å²) in [5, 5.41) is 10.5. The number of aliphatic hydroxyl groups is 1. The molecule has 1 aliphatic rings. The van der Waals surface area contributed by atoms with Gasteiger partial charge < -0.3 is 10.0 Å². The number of likely N-dealkylation sites (tertiary alicyclic amines) is 1. The number of carbonyl (C=O) groups excluding carboxylic acids is 1. The number of halogens is 3. The highest BCUT2D eigenvalue weighted by molar-refractivity contribution is 5.95. The van der Waals surface area contributed by atoms with Gasteiger partial charge >= 0.3 is 6.18 Å². The first-order valence-corrected chi connectivity index (χ1v) is 6.74. The first kappa shape index (κ1) is 14.8. The summed E-state index contributed by atoms with van der Waals surface area (Å²) in [6, 6.07) is 10.3. The second kappa shape index (κ2) is 4.95. The van der Waals surface area contributed by atoms with Crippen molar-refractivity contribution in [2.75, 3.05) is 13.1 Å². The summed E-state index contributed by atoms with van der Waals surface area (Å²) in [5.74, 6) is -0.606. The second-order valence-electron chi connectivity index (χ2n) is 5.40. The van der Waals surface area contributed by atoms with Gasteiger partial charge in [0.05, 0.1) is 12.1 Å². The van der Waals surface area contributed by atoms with Crippen LogP contribution in [-0.2, 0) is 0 Å². The fourth-order valence-corrected chi connectivity index (χ4v) is 2.55. The van der Waals surface area contributed by atoms with Crippen molar-refractivity contribution < 1.29 is 23.1 Å². The van der Waals surface area contributed by atoms with Gasteiger partial charge in [-0.3, -0.25) is 4.79 Å². The molecule has 7 heteroatoms. The molecule has 22 heavy (non-hydrogen) atoms. The van der Waals surface area contributed by atoms with Crippen LogP contribution in [0.4, 0.5) is 13.2 Å². The predicted molar refractivity (Wildman–Crippen MR) is 73.3 cm³/mol. The van der Waals surface area contributed by atoms with Crippen molar-refractivity contribution in [3.8, 4) is 0 Å². The highest BCUT2D eigenvalue weighted by atomic mass is 19.4. The zero-order valence-electron chi connectivity index (χ0n) is 11.5. The molecule has 0 spiro atoms. The van der Waals surface area contributed by atoms with Gasteiger partial charge in [-0.25, -0.2) is 4.98 Å². The number of fused-ring (bicyclic) bond motifs is 1. The molecule has 2 aromatic rings. The average Bonchev–Trinajstić information content (AvgIpc) is 2.89. The molecule has 1 atom stereocenters. The van der Waals surface area contributed by atoms with Crippen molar-refractivity contribution >= 4 is 16.8 Å². The summed E-state index contributed by atoms with van der Waals surface area (Å²) in [6.07, 6.45) is -5.27. The third-order valence-corrected chi connectivity index (χ3v) is 3.88. The Morgan fingerprint density at radius 2 is 1.95 bits per heavy atom. The number of nitrogens with zero attached hydrogens (tertiary/aromatic N) is 2. The molecular formula is C15H13F3N2O2. The molecule has 116 valence electrons. The van der Waals surface area contributed by atoms with Crippen LogP contribution in [-0.4, -0.2) is 45.8 Å². The van der Waals surface area contributed by atoms with E-state index in [1.54, 1.807) is 18.2 Å². The Balaban J connectivity index is 1.85. The molecule has 4 nitrogen and oxygen atoms in total. The Morgan fingerprint density at radius 3 is 2.64 bits per heavy atom. The average molecular weight is 310 g/mol. The van der Waals surface area contributed by atoms with Gasteiger partial charge in [0, 0.05) is 18.4 Å². The number of rotatable bonds is 1. The number of hydrogen-bond acceptors (Lipinski definition) is 3. The van der Waals surface area contributed by atoms with Crippen molar-refractivity contribution in [1.82, 2.24) is 9.88 Å². The summed E-state index contributed by atoms with van der Waals surface area (Å²) in [5.41, 5.74) is -2.16. The lowest BCUT2D eigenvalue weighted by Gasteiger charge is -2.25. The standard InChI is InChI=1S/C15H13F3N2O2/c16-15(17,18)14(22)7-8-20(9-14)13(21)12-6-5-10-3-1-2-4-11(10)19-12/h1-6,22H,7-9H2. The van der Waals surface area contributed by atoms with Crippen molar-refractivity contribution in [2.45, 2.75) is 18.2 Å². The van der Waals surface area contributed by atoms with Crippen LogP contribution in [0.2, 0.25) is 0 Å². The smallest absolute Gasteiger partial charge is 0.379 e. The van der Waals surface area contributed by atoms with Crippen LogP contribution >= 0.6 is 0 Å². The van der Waals surface area contributed by atoms with E-state index < -0.39 is 30.7 Å². The van der Waals surface area contributed by atoms with Crippen LogP contribution in [0.1, 0.15) is 16.9 Å². The third-order valence-electron chi connectivity index (χ3n) is 3.88. The molecule has 0 aliphatic carbocycles. The number of carbonyl (C=O) groups is 1. The lowest BCUT2D eigenvalue weighted by Crippen LogP contribution is -2.48. The summed E-state index contributed by atoms with van der Waals surface area (Å²) >= 11 is 0. The van der Waals surface area contributed by atoms with E-state index in [-0.39, 0.29) is 12.2 Å². The van der Waals surface area contributed by atoms with Gasteiger partial charge in [-0.15, -0.1) is 0 Å². The number of benzene rings is 1. The number of hydrogen-bond donors (Lipinski definition) is 1.